The highest BCUT2D eigenvalue weighted by Gasteiger charge is 2.36. The van der Waals surface area contributed by atoms with Crippen LogP contribution in [0.25, 0.3) is 0 Å². The molecular weight excluding hydrogens is 270 g/mol. The van der Waals surface area contributed by atoms with E-state index < -0.39 is 0 Å². The summed E-state index contributed by atoms with van der Waals surface area (Å²) in [6.07, 6.45) is 18.7. The quantitative estimate of drug-likeness (QED) is 0.583. The van der Waals surface area contributed by atoms with Crippen molar-refractivity contribution in [1.82, 2.24) is 4.90 Å². The molecule has 0 aromatic rings. The van der Waals surface area contributed by atoms with Crippen molar-refractivity contribution in [3.05, 3.63) is 0 Å². The molecule has 130 valence electrons. The molecule has 0 aromatic heterocycles. The molecule has 2 aliphatic rings. The predicted octanol–water partition coefficient (Wildman–Crippen LogP) is 5.55. The van der Waals surface area contributed by atoms with Crippen LogP contribution in [-0.4, -0.2) is 36.2 Å². The van der Waals surface area contributed by atoms with Crippen LogP contribution >= 0.6 is 0 Å². The highest BCUT2D eigenvalue weighted by atomic mass is 16.5. The highest BCUT2D eigenvalue weighted by Crippen LogP contribution is 2.34. The predicted molar refractivity (Wildman–Crippen MR) is 95.4 cm³/mol. The molecule has 2 fully saturated rings. The summed E-state index contributed by atoms with van der Waals surface area (Å²) >= 11 is 0. The molecule has 0 amide bonds. The van der Waals surface area contributed by atoms with Gasteiger partial charge in [-0.25, -0.2) is 0 Å². The molecule has 2 atom stereocenters. The second-order valence-corrected chi connectivity index (χ2v) is 7.68. The number of hydrogen-bond acceptors (Lipinski definition) is 2. The van der Waals surface area contributed by atoms with Crippen molar-refractivity contribution in [2.45, 2.75) is 122 Å². The van der Waals surface area contributed by atoms with Gasteiger partial charge in [0.1, 0.15) is 0 Å². The van der Waals surface area contributed by atoms with E-state index in [2.05, 4.69) is 18.7 Å². The zero-order valence-corrected chi connectivity index (χ0v) is 15.4. The van der Waals surface area contributed by atoms with E-state index in [1.807, 2.05) is 7.11 Å². The third-order valence-corrected chi connectivity index (χ3v) is 6.14. The standard InChI is InChI=1S/C20H39NO/c1-4-5-16-20(17(2)22-3)21(18-12-8-6-9-13-18)19-14-10-7-11-15-19/h17-20H,4-16H2,1-3H3. The molecule has 0 heterocycles. The number of hydrogen-bond donors (Lipinski definition) is 0. The van der Waals surface area contributed by atoms with E-state index in [4.69, 9.17) is 4.74 Å². The van der Waals surface area contributed by atoms with E-state index in [-0.39, 0.29) is 0 Å². The van der Waals surface area contributed by atoms with Crippen LogP contribution in [0.2, 0.25) is 0 Å². The molecule has 0 bridgehead atoms. The molecule has 2 unspecified atom stereocenters. The first-order valence-corrected chi connectivity index (χ1v) is 10.1. The molecule has 0 radical (unpaired) electrons. The topological polar surface area (TPSA) is 12.5 Å². The van der Waals surface area contributed by atoms with Crippen LogP contribution < -0.4 is 0 Å². The number of rotatable bonds is 8. The van der Waals surface area contributed by atoms with Crippen molar-refractivity contribution < 1.29 is 4.74 Å². The maximum absolute atomic E-state index is 5.83. The minimum Gasteiger partial charge on any atom is -0.380 e. The molecule has 0 N–H and O–H groups in total. The summed E-state index contributed by atoms with van der Waals surface area (Å²) in [6.45, 7) is 4.62. The minimum atomic E-state index is 0.371. The van der Waals surface area contributed by atoms with Crippen molar-refractivity contribution in [2.75, 3.05) is 7.11 Å². The van der Waals surface area contributed by atoms with Crippen LogP contribution in [0.5, 0.6) is 0 Å². The summed E-state index contributed by atoms with van der Waals surface area (Å²) < 4.78 is 5.83. The van der Waals surface area contributed by atoms with Crippen LogP contribution in [0.4, 0.5) is 0 Å². The number of ether oxygens (including phenoxy) is 1. The monoisotopic (exact) mass is 309 g/mol. The molecule has 2 aliphatic carbocycles. The zero-order chi connectivity index (χ0) is 15.8. The molecule has 0 aromatic carbocycles. The van der Waals surface area contributed by atoms with Crippen molar-refractivity contribution in [3.63, 3.8) is 0 Å². The van der Waals surface area contributed by atoms with Crippen molar-refractivity contribution in [2.24, 2.45) is 0 Å². The van der Waals surface area contributed by atoms with E-state index in [9.17, 15) is 0 Å². The Kier molecular flexibility index (Phi) is 8.24. The van der Waals surface area contributed by atoms with Crippen LogP contribution in [-0.2, 0) is 4.74 Å². The first kappa shape index (κ1) is 18.3. The smallest absolute Gasteiger partial charge is 0.0698 e. The second-order valence-electron chi connectivity index (χ2n) is 7.68. The summed E-state index contributed by atoms with van der Waals surface area (Å²) in [7, 11) is 1.91. The molecule has 2 saturated carbocycles. The van der Waals surface area contributed by atoms with Gasteiger partial charge in [0.25, 0.3) is 0 Å². The van der Waals surface area contributed by atoms with Crippen LogP contribution in [0.3, 0.4) is 0 Å². The zero-order valence-electron chi connectivity index (χ0n) is 15.4. The van der Waals surface area contributed by atoms with Crippen LogP contribution in [0, 0.1) is 0 Å². The average molecular weight is 310 g/mol. The lowest BCUT2D eigenvalue weighted by atomic mass is 9.85. The second kappa shape index (κ2) is 9.93. The molecule has 2 nitrogen and oxygen atoms in total. The van der Waals surface area contributed by atoms with Gasteiger partial charge in [-0.05, 0) is 39.0 Å². The highest BCUT2D eigenvalue weighted by molar-refractivity contribution is 4.90. The molecular formula is C20H39NO. The van der Waals surface area contributed by atoms with E-state index >= 15 is 0 Å². The summed E-state index contributed by atoms with van der Waals surface area (Å²) in [4.78, 5) is 2.97. The fraction of sp³-hybridized carbons (Fsp3) is 1.00. The summed E-state index contributed by atoms with van der Waals surface area (Å²) in [6, 6.07) is 2.30. The fourth-order valence-electron chi connectivity index (χ4n) is 4.79. The summed E-state index contributed by atoms with van der Waals surface area (Å²) in [5.74, 6) is 0. The third-order valence-electron chi connectivity index (χ3n) is 6.14. The molecule has 0 aliphatic heterocycles. The van der Waals surface area contributed by atoms with E-state index in [1.165, 1.54) is 83.5 Å². The number of methoxy groups -OCH3 is 1. The van der Waals surface area contributed by atoms with Gasteiger partial charge in [0.05, 0.1) is 6.10 Å². The Balaban J connectivity index is 2.13. The summed E-state index contributed by atoms with van der Waals surface area (Å²) in [5.41, 5.74) is 0. The van der Waals surface area contributed by atoms with Crippen LogP contribution in [0.15, 0.2) is 0 Å². The van der Waals surface area contributed by atoms with Crippen molar-refractivity contribution >= 4 is 0 Å². The van der Waals surface area contributed by atoms with Gasteiger partial charge in [-0.1, -0.05) is 58.3 Å². The SMILES string of the molecule is CCCCC(C(C)OC)N(C1CCCCC1)C1CCCCC1. The lowest BCUT2D eigenvalue weighted by Crippen LogP contribution is -2.54. The van der Waals surface area contributed by atoms with Gasteiger partial charge >= 0.3 is 0 Å². The Hall–Kier alpha value is -0.0800. The average Bonchev–Trinajstić information content (AvgIpc) is 2.59. The van der Waals surface area contributed by atoms with E-state index in [0.717, 1.165) is 12.1 Å². The Bertz CT molecular complexity index is 263. The lowest BCUT2D eigenvalue weighted by Gasteiger charge is -2.48. The molecule has 2 rings (SSSR count). The van der Waals surface area contributed by atoms with Gasteiger partial charge in [0, 0.05) is 25.2 Å². The largest absolute Gasteiger partial charge is 0.380 e. The van der Waals surface area contributed by atoms with Crippen molar-refractivity contribution in [3.8, 4) is 0 Å². The third kappa shape index (κ3) is 4.96. The maximum Gasteiger partial charge on any atom is 0.0698 e. The molecule has 22 heavy (non-hydrogen) atoms. The number of unbranched alkanes of at least 4 members (excludes halogenated alkanes) is 1. The lowest BCUT2D eigenvalue weighted by molar-refractivity contribution is -0.0381. The number of nitrogens with zero attached hydrogens (tertiary/aromatic N) is 1. The molecule has 0 spiro atoms. The Labute approximate surface area is 139 Å². The molecule has 2 heteroatoms. The molecule has 0 saturated heterocycles. The first-order valence-electron chi connectivity index (χ1n) is 10.1. The minimum absolute atomic E-state index is 0.371. The van der Waals surface area contributed by atoms with E-state index in [0.29, 0.717) is 12.1 Å². The van der Waals surface area contributed by atoms with Crippen LogP contribution in [0.1, 0.15) is 97.3 Å². The first-order chi connectivity index (χ1) is 10.8. The fourth-order valence-corrected chi connectivity index (χ4v) is 4.79. The van der Waals surface area contributed by atoms with Gasteiger partial charge in [-0.15, -0.1) is 0 Å². The van der Waals surface area contributed by atoms with Gasteiger partial charge < -0.3 is 4.74 Å². The summed E-state index contributed by atoms with van der Waals surface area (Å²) in [5, 5.41) is 0. The van der Waals surface area contributed by atoms with Gasteiger partial charge in [-0.3, -0.25) is 4.90 Å². The Morgan fingerprint density at radius 3 is 1.82 bits per heavy atom. The van der Waals surface area contributed by atoms with Gasteiger partial charge in [0.2, 0.25) is 0 Å². The van der Waals surface area contributed by atoms with E-state index in [1.54, 1.807) is 0 Å². The van der Waals surface area contributed by atoms with Gasteiger partial charge in [-0.2, -0.15) is 0 Å². The van der Waals surface area contributed by atoms with Crippen molar-refractivity contribution in [1.29, 1.82) is 0 Å². The Morgan fingerprint density at radius 1 is 0.909 bits per heavy atom. The maximum atomic E-state index is 5.83. The van der Waals surface area contributed by atoms with Gasteiger partial charge in [0.15, 0.2) is 0 Å². The Morgan fingerprint density at radius 2 is 1.41 bits per heavy atom. The normalized spacial score (nSPS) is 24.5.